The van der Waals surface area contributed by atoms with Crippen molar-refractivity contribution in [2.24, 2.45) is 5.41 Å². The average molecular weight is 527 g/mol. The zero-order valence-electron chi connectivity index (χ0n) is 21.2. The first-order chi connectivity index (χ1) is 18.1. The molecule has 1 aliphatic heterocycles. The summed E-state index contributed by atoms with van der Waals surface area (Å²) in [6, 6.07) is 6.74. The van der Waals surface area contributed by atoms with E-state index < -0.39 is 34.9 Å². The molecule has 1 atom stereocenters. The molecule has 2 N–H and O–H groups in total. The van der Waals surface area contributed by atoms with Crippen LogP contribution < -0.4 is 4.74 Å². The van der Waals surface area contributed by atoms with Crippen molar-refractivity contribution in [1.29, 1.82) is 0 Å². The SMILES string of the molecule is COc1ccc2ncc(C)c([C@@H](O)CCC3(C(=O)O)CCN(CC#Cc4cc(F)cc(F)c4F)CC3)c2c1. The van der Waals surface area contributed by atoms with E-state index in [0.717, 1.165) is 17.0 Å². The van der Waals surface area contributed by atoms with Gasteiger partial charge in [-0.05, 0) is 68.0 Å². The Morgan fingerprint density at radius 3 is 2.63 bits per heavy atom. The van der Waals surface area contributed by atoms with Gasteiger partial charge in [0.05, 0.1) is 36.3 Å². The molecule has 4 rings (SSSR count). The number of aryl methyl sites for hydroxylation is 1. The highest BCUT2D eigenvalue weighted by Crippen LogP contribution is 2.40. The standard InChI is InChI=1S/C29H29F3N2O4/c1-18-17-33-24-6-5-21(38-2)16-22(24)26(18)25(35)7-8-29(28(36)37)9-12-34(13-10-29)11-3-4-19-14-20(30)15-23(31)27(19)32/h5-6,14-17,25,35H,7-13H2,1-2H3,(H,36,37)/t25-/m0/s1. The molecule has 9 heteroatoms. The van der Waals surface area contributed by atoms with Crippen LogP contribution in [0.15, 0.2) is 36.5 Å². The van der Waals surface area contributed by atoms with Crippen LogP contribution in [0.4, 0.5) is 13.2 Å². The molecule has 1 saturated heterocycles. The van der Waals surface area contributed by atoms with Crippen LogP contribution in [0.2, 0.25) is 0 Å². The van der Waals surface area contributed by atoms with Gasteiger partial charge in [-0.3, -0.25) is 14.7 Å². The van der Waals surface area contributed by atoms with Gasteiger partial charge < -0.3 is 14.9 Å². The molecule has 0 radical (unpaired) electrons. The quantitative estimate of drug-likeness (QED) is 0.333. The molecule has 0 aliphatic carbocycles. The van der Waals surface area contributed by atoms with E-state index in [9.17, 15) is 28.2 Å². The summed E-state index contributed by atoms with van der Waals surface area (Å²) >= 11 is 0. The second-order valence-corrected chi connectivity index (χ2v) is 9.71. The number of benzene rings is 2. The maximum absolute atomic E-state index is 13.8. The lowest BCUT2D eigenvalue weighted by Crippen LogP contribution is -2.44. The molecule has 0 unspecified atom stereocenters. The van der Waals surface area contributed by atoms with Gasteiger partial charge in [-0.2, -0.15) is 0 Å². The van der Waals surface area contributed by atoms with Crippen LogP contribution in [0.5, 0.6) is 5.75 Å². The smallest absolute Gasteiger partial charge is 0.309 e. The van der Waals surface area contributed by atoms with E-state index in [4.69, 9.17) is 4.74 Å². The Balaban J connectivity index is 1.42. The number of likely N-dealkylation sites (tertiary alicyclic amines) is 1. The van der Waals surface area contributed by atoms with Gasteiger partial charge in [0.2, 0.25) is 0 Å². The van der Waals surface area contributed by atoms with Crippen LogP contribution in [0.1, 0.15) is 48.5 Å². The number of hydrogen-bond acceptors (Lipinski definition) is 5. The molecule has 0 saturated carbocycles. The maximum Gasteiger partial charge on any atom is 0.309 e. The lowest BCUT2D eigenvalue weighted by molar-refractivity contribution is -0.153. The first-order valence-electron chi connectivity index (χ1n) is 12.3. The molecule has 200 valence electrons. The number of rotatable bonds is 7. The third-order valence-electron chi connectivity index (χ3n) is 7.33. The zero-order valence-corrected chi connectivity index (χ0v) is 21.2. The number of hydrogen-bond donors (Lipinski definition) is 2. The minimum Gasteiger partial charge on any atom is -0.497 e. The Labute approximate surface area is 219 Å². The van der Waals surface area contributed by atoms with E-state index in [2.05, 4.69) is 16.8 Å². The van der Waals surface area contributed by atoms with E-state index >= 15 is 0 Å². The number of ether oxygens (including phenoxy) is 1. The van der Waals surface area contributed by atoms with Crippen molar-refractivity contribution in [2.45, 2.75) is 38.7 Å². The summed E-state index contributed by atoms with van der Waals surface area (Å²) in [5.74, 6) is 1.51. The molecule has 0 amide bonds. The second-order valence-electron chi connectivity index (χ2n) is 9.71. The fraction of sp³-hybridized carbons (Fsp3) is 0.379. The van der Waals surface area contributed by atoms with E-state index in [1.807, 2.05) is 24.0 Å². The summed E-state index contributed by atoms with van der Waals surface area (Å²) in [4.78, 5) is 18.7. The number of carboxylic acid groups (broad SMARTS) is 1. The lowest BCUT2D eigenvalue weighted by Gasteiger charge is -2.38. The van der Waals surface area contributed by atoms with Crippen LogP contribution in [0.25, 0.3) is 10.9 Å². The van der Waals surface area contributed by atoms with Crippen molar-refractivity contribution in [1.82, 2.24) is 9.88 Å². The van der Waals surface area contributed by atoms with Crippen LogP contribution >= 0.6 is 0 Å². The molecule has 1 aromatic heterocycles. The normalized spacial score (nSPS) is 16.1. The Hall–Kier alpha value is -3.61. The summed E-state index contributed by atoms with van der Waals surface area (Å²) in [5, 5.41) is 22.0. The number of aliphatic hydroxyl groups excluding tert-OH is 1. The van der Waals surface area contributed by atoms with E-state index in [-0.39, 0.29) is 24.9 Å². The summed E-state index contributed by atoms with van der Waals surface area (Å²) < 4.78 is 45.9. The van der Waals surface area contributed by atoms with Gasteiger partial charge in [0.1, 0.15) is 11.6 Å². The molecule has 6 nitrogen and oxygen atoms in total. The number of aliphatic carboxylic acids is 1. The molecular formula is C29H29F3N2O4. The molecule has 1 fully saturated rings. The van der Waals surface area contributed by atoms with Gasteiger partial charge in [-0.1, -0.05) is 11.8 Å². The number of carboxylic acids is 1. The summed E-state index contributed by atoms with van der Waals surface area (Å²) in [5.41, 5.74) is 0.879. The van der Waals surface area contributed by atoms with Gasteiger partial charge in [0.25, 0.3) is 0 Å². The van der Waals surface area contributed by atoms with Gasteiger partial charge in [0.15, 0.2) is 11.6 Å². The number of fused-ring (bicyclic) bond motifs is 1. The predicted octanol–water partition coefficient (Wildman–Crippen LogP) is 5.00. The largest absolute Gasteiger partial charge is 0.497 e. The molecule has 38 heavy (non-hydrogen) atoms. The first kappa shape index (κ1) is 27.4. The Bertz CT molecular complexity index is 1410. The summed E-state index contributed by atoms with van der Waals surface area (Å²) in [6.45, 7) is 2.94. The topological polar surface area (TPSA) is 82.9 Å². The Morgan fingerprint density at radius 1 is 1.21 bits per heavy atom. The molecule has 2 aromatic carbocycles. The number of halogens is 3. The highest BCUT2D eigenvalue weighted by atomic mass is 19.2. The fourth-order valence-corrected chi connectivity index (χ4v) is 5.02. The van der Waals surface area contributed by atoms with Gasteiger partial charge in [0, 0.05) is 30.7 Å². The Kier molecular flexibility index (Phi) is 8.24. The van der Waals surface area contributed by atoms with Gasteiger partial charge in [-0.15, -0.1) is 0 Å². The number of piperidine rings is 1. The fourth-order valence-electron chi connectivity index (χ4n) is 5.02. The highest BCUT2D eigenvalue weighted by Gasteiger charge is 2.41. The molecular weight excluding hydrogens is 497 g/mol. The lowest BCUT2D eigenvalue weighted by atomic mass is 9.74. The van der Waals surface area contributed by atoms with Gasteiger partial charge >= 0.3 is 5.97 Å². The van der Waals surface area contributed by atoms with E-state index in [1.54, 1.807) is 19.4 Å². The molecule has 0 bridgehead atoms. The van der Waals surface area contributed by atoms with Gasteiger partial charge in [-0.25, -0.2) is 13.2 Å². The number of carbonyl (C=O) groups is 1. The average Bonchev–Trinajstić information content (AvgIpc) is 2.90. The van der Waals surface area contributed by atoms with Crippen molar-refractivity contribution in [3.8, 4) is 17.6 Å². The van der Waals surface area contributed by atoms with E-state index in [0.29, 0.717) is 48.8 Å². The minimum absolute atomic E-state index is 0.208. The zero-order chi connectivity index (χ0) is 27.4. The third-order valence-corrected chi connectivity index (χ3v) is 7.33. The van der Waals surface area contributed by atoms with E-state index in [1.165, 1.54) is 0 Å². The van der Waals surface area contributed by atoms with Crippen molar-refractivity contribution in [3.05, 3.63) is 70.7 Å². The minimum atomic E-state index is -1.30. The molecule has 1 aliphatic rings. The van der Waals surface area contributed by atoms with Crippen molar-refractivity contribution >= 4 is 16.9 Å². The number of aliphatic hydroxyl groups is 1. The predicted molar refractivity (Wildman–Crippen MR) is 136 cm³/mol. The highest BCUT2D eigenvalue weighted by molar-refractivity contribution is 5.85. The number of methoxy groups -OCH3 is 1. The van der Waals surface area contributed by atoms with Crippen molar-refractivity contribution in [3.63, 3.8) is 0 Å². The molecule has 3 aromatic rings. The second kappa shape index (κ2) is 11.4. The van der Waals surface area contributed by atoms with Crippen molar-refractivity contribution < 1.29 is 32.9 Å². The monoisotopic (exact) mass is 526 g/mol. The first-order valence-corrected chi connectivity index (χ1v) is 12.3. The number of nitrogens with zero attached hydrogens (tertiary/aromatic N) is 2. The van der Waals surface area contributed by atoms with Crippen LogP contribution in [0.3, 0.4) is 0 Å². The van der Waals surface area contributed by atoms with Crippen molar-refractivity contribution in [2.75, 3.05) is 26.7 Å². The molecule has 0 spiro atoms. The summed E-state index contributed by atoms with van der Waals surface area (Å²) in [6.07, 6.45) is 2.06. The maximum atomic E-state index is 13.8. The number of aromatic nitrogens is 1. The molecule has 2 heterocycles. The van der Waals surface area contributed by atoms with Crippen LogP contribution in [-0.4, -0.2) is 52.8 Å². The number of pyridine rings is 1. The Morgan fingerprint density at radius 2 is 1.95 bits per heavy atom. The summed E-state index contributed by atoms with van der Waals surface area (Å²) in [7, 11) is 1.56. The third kappa shape index (κ3) is 5.77. The van der Waals surface area contributed by atoms with Crippen LogP contribution in [0, 0.1) is 41.6 Å². The van der Waals surface area contributed by atoms with Crippen LogP contribution in [-0.2, 0) is 4.79 Å².